The second-order valence-electron chi connectivity index (χ2n) is 2.31. The largest absolute Gasteiger partial charge is 1.00 e. The Morgan fingerprint density at radius 1 is 1.25 bits per heavy atom. The van der Waals surface area contributed by atoms with Gasteiger partial charge in [-0.05, 0) is 6.92 Å². The van der Waals surface area contributed by atoms with Crippen molar-refractivity contribution in [3.63, 3.8) is 0 Å². The maximum atomic E-state index is 5.17. The number of hydrogen-bond acceptors (Lipinski definition) is 1. The molecule has 0 saturated carbocycles. The van der Waals surface area contributed by atoms with E-state index in [2.05, 4.69) is 0 Å². The van der Waals surface area contributed by atoms with Crippen molar-refractivity contribution in [2.45, 2.75) is 6.92 Å². The van der Waals surface area contributed by atoms with Crippen LogP contribution in [-0.4, -0.2) is 32.4 Å². The van der Waals surface area contributed by atoms with E-state index in [4.69, 9.17) is 4.84 Å². The van der Waals surface area contributed by atoms with Crippen LogP contribution in [0.5, 0.6) is 0 Å². The Bertz CT molecular complexity index is 50.9. The van der Waals surface area contributed by atoms with Crippen LogP contribution >= 0.6 is 0 Å². The molecule has 0 bridgehead atoms. The fourth-order valence-corrected chi connectivity index (χ4v) is 0.387. The van der Waals surface area contributed by atoms with Gasteiger partial charge >= 0.3 is 0 Å². The fraction of sp³-hybridized carbons (Fsp3) is 1.00. The van der Waals surface area contributed by atoms with E-state index < -0.39 is 0 Å². The Balaban J connectivity index is 0. The van der Waals surface area contributed by atoms with Crippen LogP contribution in [0.3, 0.4) is 0 Å². The minimum atomic E-state index is 0. The van der Waals surface area contributed by atoms with Crippen LogP contribution in [0.4, 0.5) is 0 Å². The molecule has 0 spiro atoms. The molecule has 0 saturated heterocycles. The zero-order chi connectivity index (χ0) is 5.91. The van der Waals surface area contributed by atoms with Crippen molar-refractivity contribution in [3.8, 4) is 0 Å². The second-order valence-corrected chi connectivity index (χ2v) is 2.31. The molecule has 0 aliphatic heterocycles. The molecule has 0 rings (SSSR count). The minimum Gasteiger partial charge on any atom is -1.00 e. The third-order valence-electron chi connectivity index (χ3n) is 0.516. The number of halogens is 1. The van der Waals surface area contributed by atoms with Gasteiger partial charge in [0.2, 0.25) is 0 Å². The van der Waals surface area contributed by atoms with Crippen LogP contribution in [0.25, 0.3) is 0 Å². The Labute approximate surface area is 57.4 Å². The lowest BCUT2D eigenvalue weighted by molar-refractivity contribution is -1.06. The first-order chi connectivity index (χ1) is 3.06. The Morgan fingerprint density at radius 2 is 1.62 bits per heavy atom. The molecule has 0 aromatic carbocycles. The highest BCUT2D eigenvalue weighted by atomic mass is 35.5. The van der Waals surface area contributed by atoms with Crippen LogP contribution in [0, 0.1) is 0 Å². The number of hydrogen-bond donors (Lipinski definition) is 0. The zero-order valence-corrected chi connectivity index (χ0v) is 6.70. The highest BCUT2D eigenvalue weighted by Gasteiger charge is 2.03. The number of rotatable bonds is 2. The molecule has 0 radical (unpaired) electrons. The number of hydroxylamine groups is 3. The van der Waals surface area contributed by atoms with Crippen molar-refractivity contribution in [1.29, 1.82) is 0 Å². The molecule has 0 aromatic heterocycles. The summed E-state index contributed by atoms with van der Waals surface area (Å²) in [6.45, 7) is 2.77. The van der Waals surface area contributed by atoms with Crippen molar-refractivity contribution in [1.82, 2.24) is 0 Å². The number of quaternary nitrogens is 1. The molecular formula is C5H14ClNO. The third kappa shape index (κ3) is 9.51. The van der Waals surface area contributed by atoms with E-state index in [1.54, 1.807) is 0 Å². The van der Waals surface area contributed by atoms with Crippen LogP contribution in [0.15, 0.2) is 0 Å². The van der Waals surface area contributed by atoms with Crippen LogP contribution in [0.1, 0.15) is 6.92 Å². The average Bonchev–Trinajstić information content (AvgIpc) is 1.30. The lowest BCUT2D eigenvalue weighted by Gasteiger charge is -2.19. The summed E-state index contributed by atoms with van der Waals surface area (Å²) in [4.78, 5) is 5.17. The first kappa shape index (κ1) is 11.1. The third-order valence-corrected chi connectivity index (χ3v) is 0.516. The van der Waals surface area contributed by atoms with Gasteiger partial charge in [0.15, 0.2) is 0 Å². The van der Waals surface area contributed by atoms with E-state index in [1.165, 1.54) is 0 Å². The van der Waals surface area contributed by atoms with E-state index in [0.29, 0.717) is 4.65 Å². The molecule has 8 heavy (non-hydrogen) atoms. The Kier molecular flexibility index (Phi) is 5.71. The summed E-state index contributed by atoms with van der Waals surface area (Å²) in [5.41, 5.74) is 0. The van der Waals surface area contributed by atoms with E-state index in [9.17, 15) is 0 Å². The van der Waals surface area contributed by atoms with Crippen LogP contribution in [-0.2, 0) is 4.84 Å². The molecule has 52 valence electrons. The average molecular weight is 140 g/mol. The highest BCUT2D eigenvalue weighted by molar-refractivity contribution is 3.95. The van der Waals surface area contributed by atoms with Crippen LogP contribution < -0.4 is 12.4 Å². The van der Waals surface area contributed by atoms with E-state index in [0.717, 1.165) is 6.61 Å². The molecule has 2 nitrogen and oxygen atoms in total. The summed E-state index contributed by atoms with van der Waals surface area (Å²) in [6, 6.07) is 0. The van der Waals surface area contributed by atoms with Gasteiger partial charge in [0.1, 0.15) is 6.61 Å². The molecule has 0 N–H and O–H groups in total. The molecule has 0 fully saturated rings. The Hall–Kier alpha value is 0.210. The molecule has 3 heteroatoms. The van der Waals surface area contributed by atoms with Gasteiger partial charge in [-0.15, -0.1) is 0 Å². The maximum Gasteiger partial charge on any atom is 0.103 e. The first-order valence-corrected chi connectivity index (χ1v) is 2.52. The van der Waals surface area contributed by atoms with Gasteiger partial charge in [-0.3, -0.25) is 0 Å². The van der Waals surface area contributed by atoms with Crippen LogP contribution in [0.2, 0.25) is 0 Å². The fourth-order valence-electron chi connectivity index (χ4n) is 0.387. The molecular weight excluding hydrogens is 126 g/mol. The molecule has 0 unspecified atom stereocenters. The zero-order valence-electron chi connectivity index (χ0n) is 5.94. The number of nitrogens with zero attached hydrogens (tertiary/aromatic N) is 1. The van der Waals surface area contributed by atoms with Gasteiger partial charge in [0, 0.05) is 0 Å². The first-order valence-electron chi connectivity index (χ1n) is 2.52. The van der Waals surface area contributed by atoms with Gasteiger partial charge < -0.3 is 12.4 Å². The van der Waals surface area contributed by atoms with E-state index >= 15 is 0 Å². The standard InChI is InChI=1S/C5H14NO.ClH/c1-5-7-6(2,3)4;/h5H2,1-4H3;1H/q+1;/p-1. The molecule has 0 aliphatic carbocycles. The summed E-state index contributed by atoms with van der Waals surface area (Å²) in [7, 11) is 5.97. The lowest BCUT2D eigenvalue weighted by atomic mass is 10.9. The Morgan fingerprint density at radius 3 is 1.62 bits per heavy atom. The van der Waals surface area contributed by atoms with Gasteiger partial charge in [-0.2, -0.15) is 4.65 Å². The normalized spacial score (nSPS) is 10.5. The summed E-state index contributed by atoms with van der Waals surface area (Å²) >= 11 is 0. The summed E-state index contributed by atoms with van der Waals surface area (Å²) < 4.78 is 0.594. The van der Waals surface area contributed by atoms with Crippen molar-refractivity contribution in [2.24, 2.45) is 0 Å². The molecule has 0 aliphatic rings. The molecule has 0 atom stereocenters. The van der Waals surface area contributed by atoms with Crippen molar-refractivity contribution >= 4 is 0 Å². The van der Waals surface area contributed by atoms with Crippen molar-refractivity contribution in [3.05, 3.63) is 0 Å². The SMILES string of the molecule is CCO[N+](C)(C)C.[Cl-]. The predicted octanol–water partition coefficient (Wildman–Crippen LogP) is -2.35. The van der Waals surface area contributed by atoms with E-state index in [1.807, 2.05) is 28.1 Å². The highest BCUT2D eigenvalue weighted by Crippen LogP contribution is 1.88. The monoisotopic (exact) mass is 139 g/mol. The summed E-state index contributed by atoms with van der Waals surface area (Å²) in [6.07, 6.45) is 0. The van der Waals surface area contributed by atoms with Crippen molar-refractivity contribution < 1.29 is 21.9 Å². The van der Waals surface area contributed by atoms with Gasteiger partial charge in [0.25, 0.3) is 0 Å². The van der Waals surface area contributed by atoms with E-state index in [-0.39, 0.29) is 12.4 Å². The van der Waals surface area contributed by atoms with Gasteiger partial charge in [-0.25, -0.2) is 4.84 Å². The minimum absolute atomic E-state index is 0. The quantitative estimate of drug-likeness (QED) is 0.308. The molecule has 0 amide bonds. The summed E-state index contributed by atoms with van der Waals surface area (Å²) in [5.74, 6) is 0. The van der Waals surface area contributed by atoms with Gasteiger partial charge in [-0.1, -0.05) is 0 Å². The van der Waals surface area contributed by atoms with Crippen molar-refractivity contribution in [2.75, 3.05) is 27.7 Å². The molecule has 0 aromatic rings. The summed E-state index contributed by atoms with van der Waals surface area (Å²) in [5, 5.41) is 0. The smallest absolute Gasteiger partial charge is 0.103 e. The topological polar surface area (TPSA) is 9.23 Å². The maximum absolute atomic E-state index is 5.17. The predicted molar refractivity (Wildman–Crippen MR) is 29.7 cm³/mol. The lowest BCUT2D eigenvalue weighted by Crippen LogP contribution is -3.00. The van der Waals surface area contributed by atoms with Gasteiger partial charge in [0.05, 0.1) is 21.1 Å². The second kappa shape index (κ2) is 4.13. The molecule has 0 heterocycles.